The van der Waals surface area contributed by atoms with Gasteiger partial charge >= 0.3 is 0 Å². The van der Waals surface area contributed by atoms with Crippen molar-refractivity contribution in [3.05, 3.63) is 52.0 Å². The van der Waals surface area contributed by atoms with E-state index >= 15 is 0 Å². The normalized spacial score (nSPS) is 10.3. The first-order valence-electron chi connectivity index (χ1n) is 6.31. The minimum Gasteiger partial charge on any atom is -0.495 e. The molecule has 110 valence electrons. The Morgan fingerprint density at radius 3 is 2.43 bits per heavy atom. The largest absolute Gasteiger partial charge is 0.495 e. The van der Waals surface area contributed by atoms with Crippen LogP contribution in [0.5, 0.6) is 11.5 Å². The molecular formula is C16H16ClNO3. The van der Waals surface area contributed by atoms with Gasteiger partial charge in [-0.15, -0.1) is 0 Å². The zero-order valence-electron chi connectivity index (χ0n) is 12.1. The van der Waals surface area contributed by atoms with E-state index in [-0.39, 0.29) is 10.8 Å². The highest BCUT2D eigenvalue weighted by atomic mass is 35.5. The molecule has 0 aliphatic rings. The highest BCUT2D eigenvalue weighted by Crippen LogP contribution is 2.37. The molecule has 2 aromatic carbocycles. The zero-order chi connectivity index (χ0) is 15.6. The first-order valence-corrected chi connectivity index (χ1v) is 6.68. The fourth-order valence-electron chi connectivity index (χ4n) is 2.05. The molecule has 0 fully saturated rings. The van der Waals surface area contributed by atoms with Crippen molar-refractivity contribution in [1.82, 2.24) is 0 Å². The minimum atomic E-state index is -0.181. The van der Waals surface area contributed by atoms with Crippen LogP contribution in [-0.2, 0) is 0 Å². The van der Waals surface area contributed by atoms with E-state index in [1.165, 1.54) is 14.2 Å². The maximum Gasteiger partial charge on any atom is 0.196 e. The summed E-state index contributed by atoms with van der Waals surface area (Å²) in [7, 11) is 2.97. The molecule has 0 bridgehead atoms. The van der Waals surface area contributed by atoms with Gasteiger partial charge in [-0.2, -0.15) is 0 Å². The number of benzene rings is 2. The van der Waals surface area contributed by atoms with Crippen LogP contribution in [0.2, 0.25) is 5.02 Å². The highest BCUT2D eigenvalue weighted by molar-refractivity contribution is 6.34. The highest BCUT2D eigenvalue weighted by Gasteiger charge is 2.20. The topological polar surface area (TPSA) is 61.5 Å². The first-order chi connectivity index (χ1) is 9.99. The monoisotopic (exact) mass is 305 g/mol. The SMILES string of the molecule is COc1ccc(C(=O)c2ccc(N)c(C)c2)c(OC)c1Cl. The van der Waals surface area contributed by atoms with E-state index in [9.17, 15) is 4.79 Å². The third kappa shape index (κ3) is 2.81. The summed E-state index contributed by atoms with van der Waals surface area (Å²) in [5.74, 6) is 0.577. The average molecular weight is 306 g/mol. The van der Waals surface area contributed by atoms with Crippen molar-refractivity contribution >= 4 is 23.1 Å². The van der Waals surface area contributed by atoms with Crippen LogP contribution in [0.3, 0.4) is 0 Å². The Kier molecular flexibility index (Phi) is 4.38. The number of hydrogen-bond donors (Lipinski definition) is 1. The molecule has 21 heavy (non-hydrogen) atoms. The van der Waals surface area contributed by atoms with Crippen LogP contribution < -0.4 is 15.2 Å². The molecule has 0 aliphatic heterocycles. The van der Waals surface area contributed by atoms with E-state index < -0.39 is 0 Å². The van der Waals surface area contributed by atoms with E-state index in [4.69, 9.17) is 26.8 Å². The van der Waals surface area contributed by atoms with Gasteiger partial charge in [0.15, 0.2) is 11.5 Å². The van der Waals surface area contributed by atoms with Gasteiger partial charge in [0.25, 0.3) is 0 Å². The molecule has 2 rings (SSSR count). The van der Waals surface area contributed by atoms with Crippen LogP contribution in [0.25, 0.3) is 0 Å². The van der Waals surface area contributed by atoms with Crippen molar-refractivity contribution in [1.29, 1.82) is 0 Å². The summed E-state index contributed by atoms with van der Waals surface area (Å²) in [6, 6.07) is 8.41. The van der Waals surface area contributed by atoms with Gasteiger partial charge in [0.1, 0.15) is 10.8 Å². The minimum absolute atomic E-state index is 0.181. The number of halogens is 1. The van der Waals surface area contributed by atoms with E-state index in [1.54, 1.807) is 30.3 Å². The van der Waals surface area contributed by atoms with Gasteiger partial charge in [-0.3, -0.25) is 4.79 Å². The van der Waals surface area contributed by atoms with Crippen LogP contribution in [-0.4, -0.2) is 20.0 Å². The van der Waals surface area contributed by atoms with Crippen molar-refractivity contribution in [3.8, 4) is 11.5 Å². The lowest BCUT2D eigenvalue weighted by molar-refractivity contribution is 0.103. The third-order valence-corrected chi connectivity index (χ3v) is 3.62. The molecule has 0 amide bonds. The molecule has 0 aromatic heterocycles. The Morgan fingerprint density at radius 1 is 1.14 bits per heavy atom. The quantitative estimate of drug-likeness (QED) is 0.694. The van der Waals surface area contributed by atoms with Gasteiger partial charge < -0.3 is 15.2 Å². The van der Waals surface area contributed by atoms with Crippen molar-refractivity contribution < 1.29 is 14.3 Å². The van der Waals surface area contributed by atoms with Crippen molar-refractivity contribution in [2.24, 2.45) is 0 Å². The number of carbonyl (C=O) groups is 1. The zero-order valence-corrected chi connectivity index (χ0v) is 12.8. The molecular weight excluding hydrogens is 290 g/mol. The number of aryl methyl sites for hydroxylation is 1. The maximum absolute atomic E-state index is 12.6. The Labute approximate surface area is 128 Å². The summed E-state index contributed by atoms with van der Waals surface area (Å²) in [4.78, 5) is 12.6. The number of anilines is 1. The molecule has 0 unspecified atom stereocenters. The molecule has 0 saturated carbocycles. The van der Waals surface area contributed by atoms with E-state index in [0.717, 1.165) is 5.56 Å². The molecule has 0 heterocycles. The number of rotatable bonds is 4. The molecule has 2 N–H and O–H groups in total. The van der Waals surface area contributed by atoms with E-state index in [1.807, 2.05) is 6.92 Å². The number of methoxy groups -OCH3 is 2. The summed E-state index contributed by atoms with van der Waals surface area (Å²) in [5.41, 5.74) is 8.17. The summed E-state index contributed by atoms with van der Waals surface area (Å²) in [6.07, 6.45) is 0. The van der Waals surface area contributed by atoms with Crippen LogP contribution in [0, 0.1) is 6.92 Å². The number of carbonyl (C=O) groups excluding carboxylic acids is 1. The van der Waals surface area contributed by atoms with Crippen molar-refractivity contribution in [2.45, 2.75) is 6.92 Å². The number of nitrogens with two attached hydrogens (primary N) is 1. The number of ether oxygens (including phenoxy) is 2. The second-order valence-corrected chi connectivity index (χ2v) is 4.94. The van der Waals surface area contributed by atoms with Crippen molar-refractivity contribution in [3.63, 3.8) is 0 Å². The predicted octanol–water partition coefficient (Wildman–Crippen LogP) is 3.48. The van der Waals surface area contributed by atoms with Gasteiger partial charge in [0.05, 0.1) is 19.8 Å². The van der Waals surface area contributed by atoms with Crippen molar-refractivity contribution in [2.75, 3.05) is 20.0 Å². The van der Waals surface area contributed by atoms with Crippen LogP contribution in [0.4, 0.5) is 5.69 Å². The molecule has 0 radical (unpaired) electrons. The standard InChI is InChI=1S/C16H16ClNO3/c1-9-8-10(4-6-12(9)18)15(19)11-5-7-13(20-2)14(17)16(11)21-3/h4-8H,18H2,1-3H3. The molecule has 0 spiro atoms. The lowest BCUT2D eigenvalue weighted by Crippen LogP contribution is -2.06. The van der Waals surface area contributed by atoms with Gasteiger partial charge in [0, 0.05) is 11.3 Å². The smallest absolute Gasteiger partial charge is 0.196 e. The Balaban J connectivity index is 2.52. The fraction of sp³-hybridized carbons (Fsp3) is 0.188. The molecule has 0 saturated heterocycles. The second-order valence-electron chi connectivity index (χ2n) is 4.56. The molecule has 2 aromatic rings. The van der Waals surface area contributed by atoms with Gasteiger partial charge in [-0.1, -0.05) is 11.6 Å². The van der Waals surface area contributed by atoms with E-state index in [0.29, 0.717) is 28.3 Å². The second kappa shape index (κ2) is 6.06. The lowest BCUT2D eigenvalue weighted by atomic mass is 10.00. The summed E-state index contributed by atoms with van der Waals surface area (Å²) in [6.45, 7) is 1.85. The number of nitrogen functional groups attached to an aromatic ring is 1. The van der Waals surface area contributed by atoms with Crippen LogP contribution in [0.15, 0.2) is 30.3 Å². The summed E-state index contributed by atoms with van der Waals surface area (Å²) < 4.78 is 10.4. The third-order valence-electron chi connectivity index (χ3n) is 3.26. The maximum atomic E-state index is 12.6. The molecule has 4 nitrogen and oxygen atoms in total. The molecule has 5 heteroatoms. The summed E-state index contributed by atoms with van der Waals surface area (Å²) in [5, 5.41) is 0.276. The Morgan fingerprint density at radius 2 is 1.86 bits per heavy atom. The average Bonchev–Trinajstić information content (AvgIpc) is 2.49. The van der Waals surface area contributed by atoms with Gasteiger partial charge in [-0.25, -0.2) is 0 Å². The summed E-state index contributed by atoms with van der Waals surface area (Å²) >= 11 is 6.18. The predicted molar refractivity (Wildman–Crippen MR) is 83.6 cm³/mol. The van der Waals surface area contributed by atoms with Crippen LogP contribution >= 0.6 is 11.6 Å². The lowest BCUT2D eigenvalue weighted by Gasteiger charge is -2.13. The molecule has 0 atom stereocenters. The Bertz CT molecular complexity index is 698. The number of hydrogen-bond acceptors (Lipinski definition) is 4. The van der Waals surface area contributed by atoms with Gasteiger partial charge in [0.2, 0.25) is 0 Å². The van der Waals surface area contributed by atoms with E-state index in [2.05, 4.69) is 0 Å². The molecule has 0 aliphatic carbocycles. The van der Waals surface area contributed by atoms with Crippen LogP contribution in [0.1, 0.15) is 21.5 Å². The fourth-order valence-corrected chi connectivity index (χ4v) is 2.37. The number of ketones is 1. The van der Waals surface area contributed by atoms with Gasteiger partial charge in [-0.05, 0) is 42.8 Å². The Hall–Kier alpha value is -2.20. The first kappa shape index (κ1) is 15.2.